The minimum Gasteiger partial charge on any atom is -0.481 e. The number of oxime groups is 1. The van der Waals surface area contributed by atoms with E-state index in [1.807, 2.05) is 0 Å². The minimum atomic E-state index is -3.96. The number of methoxy groups -OCH3 is 1. The summed E-state index contributed by atoms with van der Waals surface area (Å²) in [5.41, 5.74) is 0.879. The van der Waals surface area contributed by atoms with Crippen LogP contribution in [0.15, 0.2) is 34.6 Å². The second kappa shape index (κ2) is 9.98. The van der Waals surface area contributed by atoms with Crippen molar-refractivity contribution >= 4 is 21.9 Å². The largest absolute Gasteiger partial charge is 1.00 e. The molecular formula is C15H18N6NaO5S+. The molecule has 3 heterocycles. The van der Waals surface area contributed by atoms with Crippen LogP contribution in [0.1, 0.15) is 11.3 Å². The number of sulfonamides is 1. The number of ether oxygens (including phenoxy) is 2. The Hall–Kier alpha value is -1.99. The summed E-state index contributed by atoms with van der Waals surface area (Å²) in [5, 5.41) is 6.30. The molecule has 0 radical (unpaired) electrons. The third kappa shape index (κ3) is 5.52. The predicted molar refractivity (Wildman–Crippen MR) is 94.8 cm³/mol. The first kappa shape index (κ1) is 22.3. The molecule has 28 heavy (non-hydrogen) atoms. The van der Waals surface area contributed by atoms with Crippen LogP contribution in [0.5, 0.6) is 5.88 Å². The van der Waals surface area contributed by atoms with Gasteiger partial charge in [0.1, 0.15) is 6.61 Å². The summed E-state index contributed by atoms with van der Waals surface area (Å²) >= 11 is 0. The number of rotatable bonds is 7. The van der Waals surface area contributed by atoms with E-state index in [0.29, 0.717) is 18.2 Å². The SMILES string of the molecule is COc1cc(C)nc(NCNS(=O)(=O)c2ncccc2C2=NOCCO2)n1.[Na+]. The van der Waals surface area contributed by atoms with Crippen LogP contribution in [-0.4, -0.2) is 56.3 Å². The van der Waals surface area contributed by atoms with Crippen molar-refractivity contribution < 1.29 is 52.3 Å². The van der Waals surface area contributed by atoms with Gasteiger partial charge in [-0.15, -0.1) is 0 Å². The first-order chi connectivity index (χ1) is 13.0. The number of aryl methyl sites for hydroxylation is 1. The molecule has 0 unspecified atom stereocenters. The molecular weight excluding hydrogens is 399 g/mol. The molecule has 11 nitrogen and oxygen atoms in total. The maximum atomic E-state index is 12.6. The van der Waals surface area contributed by atoms with E-state index < -0.39 is 10.0 Å². The Labute approximate surface area is 184 Å². The molecule has 0 bridgehead atoms. The van der Waals surface area contributed by atoms with E-state index in [1.54, 1.807) is 19.1 Å². The van der Waals surface area contributed by atoms with Crippen LogP contribution >= 0.6 is 0 Å². The third-order valence-electron chi connectivity index (χ3n) is 3.37. The Morgan fingerprint density at radius 2 is 2.11 bits per heavy atom. The van der Waals surface area contributed by atoms with Gasteiger partial charge in [-0.05, 0) is 24.2 Å². The second-order valence-electron chi connectivity index (χ2n) is 5.31. The molecule has 2 N–H and O–H groups in total. The summed E-state index contributed by atoms with van der Waals surface area (Å²) in [6.07, 6.45) is 1.37. The Kier molecular flexibility index (Phi) is 7.95. The normalized spacial score (nSPS) is 13.4. The van der Waals surface area contributed by atoms with Crippen molar-refractivity contribution in [3.63, 3.8) is 0 Å². The Morgan fingerprint density at radius 1 is 1.29 bits per heavy atom. The molecule has 1 aliphatic rings. The van der Waals surface area contributed by atoms with Crippen LogP contribution in [0.2, 0.25) is 0 Å². The predicted octanol–water partition coefficient (Wildman–Crippen LogP) is -2.75. The van der Waals surface area contributed by atoms with Gasteiger partial charge in [-0.2, -0.15) is 9.71 Å². The van der Waals surface area contributed by atoms with Crippen molar-refractivity contribution in [2.75, 3.05) is 32.3 Å². The van der Waals surface area contributed by atoms with Gasteiger partial charge in [-0.3, -0.25) is 0 Å². The van der Waals surface area contributed by atoms with Crippen molar-refractivity contribution in [2.24, 2.45) is 5.16 Å². The molecule has 144 valence electrons. The van der Waals surface area contributed by atoms with Gasteiger partial charge in [0.2, 0.25) is 11.8 Å². The van der Waals surface area contributed by atoms with E-state index in [-0.39, 0.29) is 65.3 Å². The molecule has 0 atom stereocenters. The minimum absolute atomic E-state index is 0. The van der Waals surface area contributed by atoms with E-state index in [9.17, 15) is 8.42 Å². The van der Waals surface area contributed by atoms with Crippen LogP contribution in [-0.2, 0) is 19.6 Å². The number of hydrogen-bond donors (Lipinski definition) is 2. The van der Waals surface area contributed by atoms with Crippen molar-refractivity contribution in [1.82, 2.24) is 19.7 Å². The molecule has 0 saturated carbocycles. The van der Waals surface area contributed by atoms with Crippen LogP contribution in [0.25, 0.3) is 0 Å². The molecule has 3 rings (SSSR count). The van der Waals surface area contributed by atoms with Crippen LogP contribution < -0.4 is 44.3 Å². The first-order valence-corrected chi connectivity index (χ1v) is 9.39. The number of hydrogen-bond acceptors (Lipinski definition) is 10. The van der Waals surface area contributed by atoms with Crippen molar-refractivity contribution in [2.45, 2.75) is 11.9 Å². The van der Waals surface area contributed by atoms with Crippen molar-refractivity contribution in [1.29, 1.82) is 0 Å². The molecule has 0 saturated heterocycles. The third-order valence-corrected chi connectivity index (χ3v) is 4.72. The summed E-state index contributed by atoms with van der Waals surface area (Å²) in [6.45, 7) is 2.18. The van der Waals surface area contributed by atoms with E-state index in [1.165, 1.54) is 19.4 Å². The van der Waals surface area contributed by atoms with Gasteiger partial charge < -0.3 is 19.6 Å². The van der Waals surface area contributed by atoms with Gasteiger partial charge in [0.05, 0.1) is 19.3 Å². The standard InChI is InChI=1S/C15H18N6O5S.Na/c1-10-8-12(24-2)20-15(19-10)17-9-18-27(22,23)14-11(4-3-5-16-14)13-21-26-7-6-25-13;/h3-5,8,18H,6-7,9H2,1-2H3,(H,17,19,20);/q;+1. The fourth-order valence-electron chi connectivity index (χ4n) is 2.20. The van der Waals surface area contributed by atoms with Gasteiger partial charge in [-0.1, -0.05) is 0 Å². The number of aromatic nitrogens is 3. The van der Waals surface area contributed by atoms with Gasteiger partial charge in [-0.25, -0.2) is 18.4 Å². The van der Waals surface area contributed by atoms with Gasteiger partial charge in [0.25, 0.3) is 15.9 Å². The molecule has 1 aliphatic heterocycles. The zero-order chi connectivity index (χ0) is 19.3. The molecule has 0 aromatic carbocycles. The average molecular weight is 417 g/mol. The molecule has 0 fully saturated rings. The van der Waals surface area contributed by atoms with Crippen LogP contribution in [0.3, 0.4) is 0 Å². The molecule has 0 aliphatic carbocycles. The zero-order valence-corrected chi connectivity index (χ0v) is 18.5. The topological polar surface area (TPSA) is 137 Å². The quantitative estimate of drug-likeness (QED) is 0.363. The molecule has 0 spiro atoms. The zero-order valence-electron chi connectivity index (χ0n) is 15.7. The summed E-state index contributed by atoms with van der Waals surface area (Å²) in [7, 11) is -2.48. The van der Waals surface area contributed by atoms with Gasteiger partial charge in [0, 0.05) is 18.0 Å². The maximum Gasteiger partial charge on any atom is 1.00 e. The molecule has 2 aromatic rings. The van der Waals surface area contributed by atoms with Crippen LogP contribution in [0.4, 0.5) is 5.95 Å². The number of nitrogens with one attached hydrogen (secondary N) is 2. The smallest absolute Gasteiger partial charge is 0.481 e. The van der Waals surface area contributed by atoms with Gasteiger partial charge in [0.15, 0.2) is 11.6 Å². The summed E-state index contributed by atoms with van der Waals surface area (Å²) in [4.78, 5) is 17.1. The molecule has 2 aromatic heterocycles. The maximum absolute atomic E-state index is 12.6. The van der Waals surface area contributed by atoms with E-state index >= 15 is 0 Å². The average Bonchev–Trinajstić information content (AvgIpc) is 2.68. The van der Waals surface area contributed by atoms with E-state index in [4.69, 9.17) is 14.3 Å². The van der Waals surface area contributed by atoms with Gasteiger partial charge >= 0.3 is 29.6 Å². The monoisotopic (exact) mass is 417 g/mol. The number of pyridine rings is 1. The summed E-state index contributed by atoms with van der Waals surface area (Å²) in [5.74, 6) is 0.658. The number of anilines is 1. The Balaban J connectivity index is 0.00000280. The fraction of sp³-hybridized carbons (Fsp3) is 0.333. The summed E-state index contributed by atoms with van der Waals surface area (Å²) < 4.78 is 38.1. The van der Waals surface area contributed by atoms with Crippen molar-refractivity contribution in [3.8, 4) is 5.88 Å². The van der Waals surface area contributed by atoms with E-state index in [0.717, 1.165) is 0 Å². The summed E-state index contributed by atoms with van der Waals surface area (Å²) in [6, 6.07) is 4.78. The first-order valence-electron chi connectivity index (χ1n) is 7.91. The van der Waals surface area contributed by atoms with E-state index in [2.05, 4.69) is 30.1 Å². The van der Waals surface area contributed by atoms with Crippen molar-refractivity contribution in [3.05, 3.63) is 35.7 Å². The molecule has 0 amide bonds. The Morgan fingerprint density at radius 3 is 2.82 bits per heavy atom. The second-order valence-corrected chi connectivity index (χ2v) is 6.99. The number of nitrogens with zero attached hydrogens (tertiary/aromatic N) is 4. The van der Waals surface area contributed by atoms with Crippen LogP contribution in [0, 0.1) is 6.92 Å². The Bertz CT molecular complexity index is 956. The molecule has 13 heteroatoms. The fourth-order valence-corrected chi connectivity index (χ4v) is 3.25.